The van der Waals surface area contributed by atoms with Gasteiger partial charge in [0.1, 0.15) is 5.75 Å². The number of hydrogen-bond acceptors (Lipinski definition) is 3. The molecule has 1 atom stereocenters. The lowest BCUT2D eigenvalue weighted by molar-refractivity contribution is 0.0431. The molecule has 2 rings (SSSR count). The quantitative estimate of drug-likeness (QED) is 0.827. The largest absolute Gasteiger partial charge is 0.508 e. The molecule has 0 aliphatic carbocycles. The summed E-state index contributed by atoms with van der Waals surface area (Å²) in [5.41, 5.74) is -0.00732. The van der Waals surface area contributed by atoms with Crippen molar-refractivity contribution in [3.05, 3.63) is 65.7 Å². The Bertz CT molecular complexity index is 556. The van der Waals surface area contributed by atoms with Gasteiger partial charge in [-0.2, -0.15) is 0 Å². The number of ketones is 1. The first kappa shape index (κ1) is 13.3. The Hall–Kier alpha value is -2.13. The van der Waals surface area contributed by atoms with E-state index in [9.17, 15) is 15.0 Å². The molecule has 0 aliphatic rings. The van der Waals surface area contributed by atoms with Crippen molar-refractivity contribution in [3.63, 3.8) is 0 Å². The van der Waals surface area contributed by atoms with E-state index < -0.39 is 5.60 Å². The molecule has 2 aromatic carbocycles. The molecule has 3 nitrogen and oxygen atoms in total. The first-order valence-corrected chi connectivity index (χ1v) is 6.09. The highest BCUT2D eigenvalue weighted by atomic mass is 16.3. The molecule has 0 fully saturated rings. The van der Waals surface area contributed by atoms with Crippen LogP contribution in [-0.2, 0) is 5.60 Å². The van der Waals surface area contributed by atoms with E-state index in [1.165, 1.54) is 12.1 Å². The number of carbonyl (C=O) groups excluding carboxylic acids is 1. The number of benzene rings is 2. The molecule has 98 valence electrons. The van der Waals surface area contributed by atoms with E-state index in [-0.39, 0.29) is 18.0 Å². The highest BCUT2D eigenvalue weighted by Gasteiger charge is 2.26. The van der Waals surface area contributed by atoms with E-state index in [2.05, 4.69) is 0 Å². The van der Waals surface area contributed by atoms with E-state index in [4.69, 9.17) is 0 Å². The van der Waals surface area contributed by atoms with Crippen molar-refractivity contribution in [1.82, 2.24) is 0 Å². The minimum atomic E-state index is -1.20. The number of hydrogen-bond donors (Lipinski definition) is 2. The first-order chi connectivity index (χ1) is 8.99. The van der Waals surface area contributed by atoms with Gasteiger partial charge in [-0.3, -0.25) is 4.79 Å². The molecule has 0 heterocycles. The summed E-state index contributed by atoms with van der Waals surface area (Å²) >= 11 is 0. The van der Waals surface area contributed by atoms with Crippen LogP contribution in [0.4, 0.5) is 0 Å². The maximum atomic E-state index is 12.1. The van der Waals surface area contributed by atoms with E-state index in [1.54, 1.807) is 31.2 Å². The van der Waals surface area contributed by atoms with Crippen LogP contribution in [0.2, 0.25) is 0 Å². The molecular formula is C16H16O3. The number of aliphatic hydroxyl groups is 1. The summed E-state index contributed by atoms with van der Waals surface area (Å²) in [4.78, 5) is 12.1. The van der Waals surface area contributed by atoms with Crippen molar-refractivity contribution < 1.29 is 15.0 Å². The number of carbonyl (C=O) groups is 1. The van der Waals surface area contributed by atoms with E-state index in [0.29, 0.717) is 11.1 Å². The van der Waals surface area contributed by atoms with Crippen molar-refractivity contribution in [3.8, 4) is 5.75 Å². The Kier molecular flexibility index (Phi) is 3.67. The highest BCUT2D eigenvalue weighted by molar-refractivity contribution is 5.96. The van der Waals surface area contributed by atoms with Crippen LogP contribution < -0.4 is 0 Å². The summed E-state index contributed by atoms with van der Waals surface area (Å²) in [7, 11) is 0. The lowest BCUT2D eigenvalue weighted by Gasteiger charge is -2.23. The Morgan fingerprint density at radius 2 is 1.63 bits per heavy atom. The summed E-state index contributed by atoms with van der Waals surface area (Å²) in [6, 6.07) is 15.1. The topological polar surface area (TPSA) is 57.5 Å². The summed E-state index contributed by atoms with van der Waals surface area (Å²) < 4.78 is 0. The number of aromatic hydroxyl groups is 1. The van der Waals surface area contributed by atoms with Gasteiger partial charge in [0.25, 0.3) is 0 Å². The standard InChI is InChI=1S/C16H16O3/c1-16(19,13-5-3-2-4-6-13)11-15(18)12-7-9-14(17)10-8-12/h2-10,17,19H,11H2,1H3. The summed E-state index contributed by atoms with van der Waals surface area (Å²) in [5, 5.41) is 19.6. The smallest absolute Gasteiger partial charge is 0.166 e. The van der Waals surface area contributed by atoms with Crippen LogP contribution in [0.3, 0.4) is 0 Å². The molecule has 0 saturated heterocycles. The van der Waals surface area contributed by atoms with Crippen molar-refractivity contribution >= 4 is 5.78 Å². The predicted octanol–water partition coefficient (Wildman–Crippen LogP) is 2.87. The van der Waals surface area contributed by atoms with Crippen molar-refractivity contribution in [1.29, 1.82) is 0 Å². The maximum absolute atomic E-state index is 12.1. The zero-order valence-corrected chi connectivity index (χ0v) is 10.7. The van der Waals surface area contributed by atoms with Gasteiger partial charge in [0.2, 0.25) is 0 Å². The van der Waals surface area contributed by atoms with Gasteiger partial charge in [-0.15, -0.1) is 0 Å². The number of phenols is 1. The Balaban J connectivity index is 2.16. The maximum Gasteiger partial charge on any atom is 0.166 e. The fraction of sp³-hybridized carbons (Fsp3) is 0.188. The predicted molar refractivity (Wildman–Crippen MR) is 73.1 cm³/mol. The second kappa shape index (κ2) is 5.24. The second-order valence-electron chi connectivity index (χ2n) is 4.79. The third-order valence-electron chi connectivity index (χ3n) is 3.09. The molecule has 0 aromatic heterocycles. The first-order valence-electron chi connectivity index (χ1n) is 6.09. The molecule has 0 bridgehead atoms. The van der Waals surface area contributed by atoms with Crippen molar-refractivity contribution in [2.45, 2.75) is 18.9 Å². The van der Waals surface area contributed by atoms with Gasteiger partial charge in [-0.05, 0) is 36.8 Å². The third-order valence-corrected chi connectivity index (χ3v) is 3.09. The van der Waals surface area contributed by atoms with Crippen LogP contribution in [0.25, 0.3) is 0 Å². The van der Waals surface area contributed by atoms with Crippen LogP contribution in [0, 0.1) is 0 Å². The summed E-state index contributed by atoms with van der Waals surface area (Å²) in [5.74, 6) is -0.0415. The Morgan fingerprint density at radius 3 is 2.21 bits per heavy atom. The molecule has 0 saturated carbocycles. The molecule has 0 radical (unpaired) electrons. The van der Waals surface area contributed by atoms with Gasteiger partial charge in [0.15, 0.2) is 5.78 Å². The normalized spacial score (nSPS) is 13.8. The zero-order chi connectivity index (χ0) is 13.9. The average molecular weight is 256 g/mol. The SMILES string of the molecule is CC(O)(CC(=O)c1ccc(O)cc1)c1ccccc1. The molecule has 0 amide bonds. The molecule has 2 aromatic rings. The summed E-state index contributed by atoms with van der Waals surface area (Å²) in [6.45, 7) is 1.63. The van der Waals surface area contributed by atoms with E-state index >= 15 is 0 Å². The minimum Gasteiger partial charge on any atom is -0.508 e. The van der Waals surface area contributed by atoms with Gasteiger partial charge in [-0.25, -0.2) is 0 Å². The minimum absolute atomic E-state index is 0.00177. The summed E-state index contributed by atoms with van der Waals surface area (Å²) in [6.07, 6.45) is 0.00177. The number of rotatable bonds is 4. The number of Topliss-reactive ketones (excluding diaryl/α,β-unsaturated/α-hetero) is 1. The monoisotopic (exact) mass is 256 g/mol. The fourth-order valence-electron chi connectivity index (χ4n) is 1.96. The van der Waals surface area contributed by atoms with Crippen LogP contribution in [0.15, 0.2) is 54.6 Å². The van der Waals surface area contributed by atoms with Gasteiger partial charge in [0.05, 0.1) is 5.60 Å². The molecule has 3 heteroatoms. The van der Waals surface area contributed by atoms with Crippen molar-refractivity contribution in [2.75, 3.05) is 0 Å². The van der Waals surface area contributed by atoms with E-state index in [0.717, 1.165) is 0 Å². The molecule has 19 heavy (non-hydrogen) atoms. The molecule has 1 unspecified atom stereocenters. The average Bonchev–Trinajstić information content (AvgIpc) is 2.40. The van der Waals surface area contributed by atoms with Crippen LogP contribution in [0.5, 0.6) is 5.75 Å². The van der Waals surface area contributed by atoms with Crippen LogP contribution in [-0.4, -0.2) is 16.0 Å². The molecule has 0 spiro atoms. The van der Waals surface area contributed by atoms with Crippen LogP contribution in [0.1, 0.15) is 29.3 Å². The fourth-order valence-corrected chi connectivity index (χ4v) is 1.96. The van der Waals surface area contributed by atoms with Crippen molar-refractivity contribution in [2.24, 2.45) is 0 Å². The van der Waals surface area contributed by atoms with Gasteiger partial charge in [-0.1, -0.05) is 30.3 Å². The molecule has 0 aliphatic heterocycles. The molecule has 2 N–H and O–H groups in total. The lowest BCUT2D eigenvalue weighted by atomic mass is 9.89. The van der Waals surface area contributed by atoms with Crippen LogP contribution >= 0.6 is 0 Å². The zero-order valence-electron chi connectivity index (χ0n) is 10.7. The third kappa shape index (κ3) is 3.20. The Labute approximate surface area is 112 Å². The second-order valence-corrected chi connectivity index (χ2v) is 4.79. The lowest BCUT2D eigenvalue weighted by Crippen LogP contribution is -2.25. The molecular weight excluding hydrogens is 240 g/mol. The van der Waals surface area contributed by atoms with E-state index in [1.807, 2.05) is 18.2 Å². The van der Waals surface area contributed by atoms with Gasteiger partial charge in [0, 0.05) is 12.0 Å². The van der Waals surface area contributed by atoms with Gasteiger partial charge >= 0.3 is 0 Å². The van der Waals surface area contributed by atoms with Gasteiger partial charge < -0.3 is 10.2 Å². The number of phenolic OH excluding ortho intramolecular Hbond substituents is 1. The Morgan fingerprint density at radius 1 is 1.05 bits per heavy atom. The highest BCUT2D eigenvalue weighted by Crippen LogP contribution is 2.26.